The highest BCUT2D eigenvalue weighted by Crippen LogP contribution is 2.29. The first-order valence-electron chi connectivity index (χ1n) is 14.4. The Kier molecular flexibility index (Phi) is 9.92. The van der Waals surface area contributed by atoms with Gasteiger partial charge in [-0.15, -0.1) is 6.42 Å². The van der Waals surface area contributed by atoms with Gasteiger partial charge in [0, 0.05) is 56.1 Å². The monoisotopic (exact) mass is 562 g/mol. The number of carbonyl (C=O) groups excluding carboxylic acids is 1. The van der Waals surface area contributed by atoms with Crippen LogP contribution in [0.2, 0.25) is 0 Å². The van der Waals surface area contributed by atoms with Crippen molar-refractivity contribution in [3.05, 3.63) is 82.1 Å². The van der Waals surface area contributed by atoms with Crippen molar-refractivity contribution in [2.45, 2.75) is 45.7 Å². The topological polar surface area (TPSA) is 107 Å². The lowest BCUT2D eigenvalue weighted by Crippen LogP contribution is -2.56. The first kappa shape index (κ1) is 30.3. The van der Waals surface area contributed by atoms with E-state index in [0.717, 1.165) is 54.1 Å². The lowest BCUT2D eigenvalue weighted by molar-refractivity contribution is 0.0698. The number of anilines is 2. The van der Waals surface area contributed by atoms with E-state index in [-0.39, 0.29) is 24.6 Å². The Labute approximate surface area is 249 Å². The third-order valence-electron chi connectivity index (χ3n) is 8.22. The number of aliphatic hydroxyl groups excluding tert-OH is 1. The molecule has 1 atom stereocenters. The van der Waals surface area contributed by atoms with Crippen molar-refractivity contribution in [2.75, 3.05) is 49.5 Å². The molecule has 2 heterocycles. The van der Waals surface area contributed by atoms with Crippen molar-refractivity contribution in [3.8, 4) is 24.5 Å². The van der Waals surface area contributed by atoms with Gasteiger partial charge in [0.2, 0.25) is 0 Å². The summed E-state index contributed by atoms with van der Waals surface area (Å²) in [5.74, 6) is 2.51. The summed E-state index contributed by atoms with van der Waals surface area (Å²) in [6, 6.07) is 15.8. The number of allylic oxidation sites excluding steroid dienone is 3. The number of likely N-dealkylation sites (tertiary alicyclic amines) is 1. The van der Waals surface area contributed by atoms with E-state index >= 15 is 0 Å². The summed E-state index contributed by atoms with van der Waals surface area (Å²) in [6.45, 7) is 8.65. The lowest BCUT2D eigenvalue weighted by atomic mass is 9.98. The van der Waals surface area contributed by atoms with Gasteiger partial charge in [0.1, 0.15) is 12.1 Å². The predicted molar refractivity (Wildman–Crippen MR) is 166 cm³/mol. The first-order chi connectivity index (χ1) is 20.3. The molecule has 2 N–H and O–H groups in total. The molecule has 1 amide bonds. The highest BCUT2D eigenvalue weighted by Gasteiger charge is 2.32. The van der Waals surface area contributed by atoms with Gasteiger partial charge in [-0.1, -0.05) is 30.2 Å². The van der Waals surface area contributed by atoms with Crippen LogP contribution in [0.15, 0.2) is 59.8 Å². The zero-order valence-electron chi connectivity index (χ0n) is 24.6. The third kappa shape index (κ3) is 6.44. The van der Waals surface area contributed by atoms with Gasteiger partial charge in [0.05, 0.1) is 35.2 Å². The molecule has 2 aliphatic heterocycles. The van der Waals surface area contributed by atoms with Gasteiger partial charge in [-0.2, -0.15) is 10.5 Å². The fraction of sp³-hybridized carbons (Fsp3) is 0.382. The number of aliphatic hydroxyl groups is 1. The highest BCUT2D eigenvalue weighted by molar-refractivity contribution is 5.97. The van der Waals surface area contributed by atoms with E-state index in [0.29, 0.717) is 36.3 Å². The van der Waals surface area contributed by atoms with E-state index in [1.165, 1.54) is 0 Å². The van der Waals surface area contributed by atoms with Crippen LogP contribution in [-0.2, 0) is 0 Å². The number of nitrogens with one attached hydrogen (secondary N) is 1. The van der Waals surface area contributed by atoms with Crippen LogP contribution in [-0.4, -0.2) is 72.2 Å². The standard InChI is InChI=1S/C34H38N6O2/c1-5-9-32(26(6-2)20-35)38-14-12-28(13-15-38)37-31-19-30(24(3)18-25(31)4)34(42)39-16-17-40(29(22-39)23-41)33-11-8-7-10-27(33)21-36/h1,6-11,18-19,28-29,37,41H,12-17,22-23H2,2-4H3/b26-6-,32-9+/t29-/m1/s1. The van der Waals surface area contributed by atoms with Crippen LogP contribution in [0.1, 0.15) is 46.8 Å². The molecule has 0 spiro atoms. The number of hydrogen-bond donors (Lipinski definition) is 2. The minimum absolute atomic E-state index is 0.0588. The number of benzene rings is 2. The summed E-state index contributed by atoms with van der Waals surface area (Å²) in [5, 5.41) is 32.9. The second-order valence-corrected chi connectivity index (χ2v) is 10.8. The van der Waals surface area contributed by atoms with Gasteiger partial charge in [0.25, 0.3) is 5.91 Å². The second kappa shape index (κ2) is 13.8. The average molecular weight is 563 g/mol. The van der Waals surface area contributed by atoms with E-state index in [2.05, 4.69) is 28.3 Å². The van der Waals surface area contributed by atoms with E-state index < -0.39 is 0 Å². The molecular weight excluding hydrogens is 524 g/mol. The maximum Gasteiger partial charge on any atom is 0.254 e. The second-order valence-electron chi connectivity index (χ2n) is 10.8. The number of nitriles is 2. The van der Waals surface area contributed by atoms with E-state index in [1.807, 2.05) is 56.0 Å². The van der Waals surface area contributed by atoms with Crippen LogP contribution in [0.4, 0.5) is 11.4 Å². The zero-order chi connectivity index (χ0) is 30.2. The zero-order valence-corrected chi connectivity index (χ0v) is 24.6. The molecule has 0 radical (unpaired) electrons. The van der Waals surface area contributed by atoms with Gasteiger partial charge in [0.15, 0.2) is 0 Å². The molecule has 0 bridgehead atoms. The lowest BCUT2D eigenvalue weighted by Gasteiger charge is -2.42. The summed E-state index contributed by atoms with van der Waals surface area (Å²) in [6.07, 6.45) is 10.7. The van der Waals surface area contributed by atoms with E-state index in [1.54, 1.807) is 23.1 Å². The predicted octanol–water partition coefficient (Wildman–Crippen LogP) is 4.36. The molecule has 0 saturated carbocycles. The number of rotatable bonds is 7. The molecule has 8 heteroatoms. The molecule has 8 nitrogen and oxygen atoms in total. The first-order valence-corrected chi connectivity index (χ1v) is 14.4. The largest absolute Gasteiger partial charge is 0.394 e. The van der Waals surface area contributed by atoms with E-state index in [9.17, 15) is 20.4 Å². The van der Waals surface area contributed by atoms with Gasteiger partial charge in [-0.3, -0.25) is 4.79 Å². The summed E-state index contributed by atoms with van der Waals surface area (Å²) in [7, 11) is 0. The van der Waals surface area contributed by atoms with Crippen LogP contribution in [0.5, 0.6) is 0 Å². The number of para-hydroxylation sites is 1. The number of carbonyl (C=O) groups is 1. The Morgan fingerprint density at radius 2 is 1.83 bits per heavy atom. The number of amides is 1. The minimum atomic E-state index is -0.303. The number of terminal acetylenes is 1. The number of aryl methyl sites for hydroxylation is 2. The van der Waals surface area contributed by atoms with Gasteiger partial charge in [-0.25, -0.2) is 0 Å². The van der Waals surface area contributed by atoms with Crippen LogP contribution in [0.3, 0.4) is 0 Å². The number of piperazine rings is 1. The van der Waals surface area contributed by atoms with Crippen molar-refractivity contribution in [1.29, 1.82) is 10.5 Å². The molecular formula is C34H38N6O2. The molecule has 2 saturated heterocycles. The molecule has 2 aromatic rings. The Hall–Kier alpha value is -4.71. The third-order valence-corrected chi connectivity index (χ3v) is 8.22. The number of hydrogen-bond acceptors (Lipinski definition) is 7. The Morgan fingerprint density at radius 3 is 2.48 bits per heavy atom. The fourth-order valence-electron chi connectivity index (χ4n) is 5.91. The Balaban J connectivity index is 1.46. The number of piperidine rings is 1. The molecule has 0 aliphatic carbocycles. The molecule has 0 aromatic heterocycles. The maximum atomic E-state index is 13.8. The highest BCUT2D eigenvalue weighted by atomic mass is 16.3. The van der Waals surface area contributed by atoms with Crippen LogP contribution in [0.25, 0.3) is 0 Å². The molecule has 0 unspecified atom stereocenters. The van der Waals surface area contributed by atoms with Crippen LogP contribution in [0, 0.1) is 48.9 Å². The Bertz CT molecular complexity index is 1500. The van der Waals surface area contributed by atoms with E-state index in [4.69, 9.17) is 6.42 Å². The quantitative estimate of drug-likeness (QED) is 0.293. The van der Waals surface area contributed by atoms with Crippen molar-refractivity contribution < 1.29 is 9.90 Å². The average Bonchev–Trinajstić information content (AvgIpc) is 3.02. The molecule has 216 valence electrons. The van der Waals surface area contributed by atoms with Gasteiger partial charge < -0.3 is 25.1 Å². The summed E-state index contributed by atoms with van der Waals surface area (Å²) in [4.78, 5) is 19.8. The fourth-order valence-corrected chi connectivity index (χ4v) is 5.91. The minimum Gasteiger partial charge on any atom is -0.394 e. The normalized spacial score (nSPS) is 18.2. The molecule has 42 heavy (non-hydrogen) atoms. The molecule has 2 aliphatic rings. The molecule has 4 rings (SSSR count). The molecule has 2 aromatic carbocycles. The van der Waals surface area contributed by atoms with Crippen LogP contribution >= 0.6 is 0 Å². The van der Waals surface area contributed by atoms with Crippen molar-refractivity contribution in [3.63, 3.8) is 0 Å². The summed E-state index contributed by atoms with van der Waals surface area (Å²) >= 11 is 0. The Morgan fingerprint density at radius 1 is 1.10 bits per heavy atom. The maximum absolute atomic E-state index is 13.8. The van der Waals surface area contributed by atoms with Crippen molar-refractivity contribution in [2.24, 2.45) is 0 Å². The van der Waals surface area contributed by atoms with Crippen molar-refractivity contribution >= 4 is 17.3 Å². The summed E-state index contributed by atoms with van der Waals surface area (Å²) < 4.78 is 0. The summed E-state index contributed by atoms with van der Waals surface area (Å²) in [5.41, 5.74) is 6.28. The number of nitrogens with zero attached hydrogens (tertiary/aromatic N) is 5. The van der Waals surface area contributed by atoms with Gasteiger partial charge >= 0.3 is 0 Å². The van der Waals surface area contributed by atoms with Gasteiger partial charge in [-0.05, 0) is 62.9 Å². The SMILES string of the molecule is C#C/C=C(\C(C#N)=C/C)N1CCC(Nc2cc(C(=O)N3CCN(c4ccccc4C#N)[C@@H](CO)C3)c(C)cc2C)CC1. The van der Waals surface area contributed by atoms with Crippen molar-refractivity contribution in [1.82, 2.24) is 9.80 Å². The molecule has 2 fully saturated rings. The smallest absolute Gasteiger partial charge is 0.254 e. The van der Waals surface area contributed by atoms with Crippen LogP contribution < -0.4 is 10.2 Å².